The Morgan fingerprint density at radius 1 is 0.818 bits per heavy atom. The lowest BCUT2D eigenvalue weighted by molar-refractivity contribution is 0.410. The van der Waals surface area contributed by atoms with Gasteiger partial charge in [-0.1, -0.05) is 0 Å². The number of fused-ring (bicyclic) bond motifs is 2. The van der Waals surface area contributed by atoms with Crippen LogP contribution in [-0.2, 0) is 0 Å². The van der Waals surface area contributed by atoms with E-state index in [4.69, 9.17) is 14.2 Å². The number of aromatic nitrogens is 5. The van der Waals surface area contributed by atoms with Crippen molar-refractivity contribution < 1.29 is 14.2 Å². The zero-order valence-corrected chi connectivity index (χ0v) is 18.7. The first-order valence-electron chi connectivity index (χ1n) is 10.3. The van der Waals surface area contributed by atoms with Gasteiger partial charge in [-0.25, -0.2) is 19.5 Å². The summed E-state index contributed by atoms with van der Waals surface area (Å²) >= 11 is 0. The molecule has 0 aliphatic carbocycles. The molecule has 0 fully saturated rings. The molecule has 9 nitrogen and oxygen atoms in total. The van der Waals surface area contributed by atoms with Crippen molar-refractivity contribution in [2.45, 2.75) is 13.8 Å². The lowest BCUT2D eigenvalue weighted by atomic mass is 10.1. The van der Waals surface area contributed by atoms with E-state index >= 15 is 0 Å². The molecule has 0 saturated heterocycles. The molecule has 0 spiro atoms. The molecule has 3 heterocycles. The van der Waals surface area contributed by atoms with Gasteiger partial charge in [0.25, 0.3) is 0 Å². The molecule has 0 aliphatic rings. The fourth-order valence-corrected chi connectivity index (χ4v) is 3.67. The first kappa shape index (κ1) is 20.5. The highest BCUT2D eigenvalue weighted by molar-refractivity contribution is 5.92. The maximum atomic E-state index is 6.12. The lowest BCUT2D eigenvalue weighted by Crippen LogP contribution is -2.01. The summed E-state index contributed by atoms with van der Waals surface area (Å²) in [6, 6.07) is 11.4. The average molecular weight is 442 g/mol. The Morgan fingerprint density at radius 2 is 1.64 bits per heavy atom. The highest BCUT2D eigenvalue weighted by atomic mass is 16.5. The van der Waals surface area contributed by atoms with E-state index in [1.54, 1.807) is 24.9 Å². The highest BCUT2D eigenvalue weighted by Crippen LogP contribution is 2.38. The second-order valence-corrected chi connectivity index (χ2v) is 7.53. The quantitative estimate of drug-likeness (QED) is 0.399. The minimum atomic E-state index is 0.621. The monoisotopic (exact) mass is 442 g/mol. The van der Waals surface area contributed by atoms with E-state index in [1.165, 1.54) is 12.7 Å². The third-order valence-electron chi connectivity index (χ3n) is 5.38. The number of hydrogen-bond acceptors (Lipinski definition) is 8. The summed E-state index contributed by atoms with van der Waals surface area (Å²) in [5.41, 5.74) is 4.19. The van der Waals surface area contributed by atoms with E-state index in [0.717, 1.165) is 33.5 Å². The number of methoxy groups -OCH3 is 2. The first-order valence-corrected chi connectivity index (χ1v) is 10.3. The fourth-order valence-electron chi connectivity index (χ4n) is 3.67. The van der Waals surface area contributed by atoms with Gasteiger partial charge in [0, 0.05) is 29.8 Å². The van der Waals surface area contributed by atoms with Crippen molar-refractivity contribution in [1.82, 2.24) is 24.6 Å². The molecule has 33 heavy (non-hydrogen) atoms. The zero-order chi connectivity index (χ0) is 22.9. The summed E-state index contributed by atoms with van der Waals surface area (Å²) in [7, 11) is 3.27. The molecule has 1 N–H and O–H groups in total. The van der Waals surface area contributed by atoms with Crippen molar-refractivity contribution in [3.05, 3.63) is 66.4 Å². The largest absolute Gasteiger partial charge is 0.496 e. The van der Waals surface area contributed by atoms with Crippen LogP contribution in [-0.4, -0.2) is 38.8 Å². The molecule has 3 aromatic heterocycles. The number of benzene rings is 2. The van der Waals surface area contributed by atoms with Crippen molar-refractivity contribution in [3.8, 4) is 23.0 Å². The zero-order valence-electron chi connectivity index (χ0n) is 18.7. The molecular formula is C24H22N6O3. The molecule has 0 unspecified atom stereocenters. The molecule has 5 aromatic rings. The first-order chi connectivity index (χ1) is 16.1. The molecule has 2 aromatic carbocycles. The molecule has 0 saturated carbocycles. The third-order valence-corrected chi connectivity index (χ3v) is 5.38. The molecule has 0 radical (unpaired) electrons. The minimum absolute atomic E-state index is 0.621. The predicted octanol–water partition coefficient (Wildman–Crippen LogP) is 4.84. The van der Waals surface area contributed by atoms with E-state index in [9.17, 15) is 0 Å². The summed E-state index contributed by atoms with van der Waals surface area (Å²) < 4.78 is 18.9. The summed E-state index contributed by atoms with van der Waals surface area (Å²) in [5, 5.41) is 8.38. The van der Waals surface area contributed by atoms with Gasteiger partial charge in [-0.05, 0) is 43.2 Å². The van der Waals surface area contributed by atoms with Crippen molar-refractivity contribution in [3.63, 3.8) is 0 Å². The maximum Gasteiger partial charge on any atom is 0.158 e. The van der Waals surface area contributed by atoms with E-state index < -0.39 is 0 Å². The van der Waals surface area contributed by atoms with Gasteiger partial charge in [-0.3, -0.25) is 0 Å². The highest BCUT2D eigenvalue weighted by Gasteiger charge is 2.14. The second kappa shape index (κ2) is 8.27. The van der Waals surface area contributed by atoms with Gasteiger partial charge in [0.1, 0.15) is 41.5 Å². The molecule has 5 rings (SSSR count). The molecule has 0 bridgehead atoms. The fraction of sp³-hybridized carbons (Fsp3) is 0.167. The number of nitrogens with one attached hydrogen (secondary N) is 1. The van der Waals surface area contributed by atoms with Crippen molar-refractivity contribution in [2.24, 2.45) is 0 Å². The second-order valence-electron chi connectivity index (χ2n) is 7.53. The van der Waals surface area contributed by atoms with Crippen LogP contribution in [0.5, 0.6) is 23.0 Å². The Kier molecular flexibility index (Phi) is 5.14. The summed E-state index contributed by atoms with van der Waals surface area (Å²) in [5.74, 6) is 3.42. The lowest BCUT2D eigenvalue weighted by Gasteiger charge is -2.16. The Labute approximate surface area is 190 Å². The number of hydrogen-bond donors (Lipinski definition) is 1. The van der Waals surface area contributed by atoms with Gasteiger partial charge in [-0.2, -0.15) is 5.10 Å². The predicted molar refractivity (Wildman–Crippen MR) is 125 cm³/mol. The molecular weight excluding hydrogens is 420 g/mol. The topological polar surface area (TPSA) is 95.7 Å². The number of nitrogens with zero attached hydrogens (tertiary/aromatic N) is 5. The van der Waals surface area contributed by atoms with E-state index in [1.807, 2.05) is 50.2 Å². The van der Waals surface area contributed by atoms with E-state index in [2.05, 4.69) is 25.4 Å². The van der Waals surface area contributed by atoms with Crippen molar-refractivity contribution in [1.29, 1.82) is 0 Å². The molecule has 9 heteroatoms. The van der Waals surface area contributed by atoms with E-state index in [0.29, 0.717) is 28.7 Å². The van der Waals surface area contributed by atoms with Crippen LogP contribution in [0.25, 0.3) is 16.6 Å². The molecule has 0 atom stereocenters. The van der Waals surface area contributed by atoms with Crippen LogP contribution in [0.2, 0.25) is 0 Å². The van der Waals surface area contributed by atoms with Crippen molar-refractivity contribution >= 4 is 28.1 Å². The van der Waals surface area contributed by atoms with Crippen LogP contribution in [0, 0.1) is 13.8 Å². The van der Waals surface area contributed by atoms with Crippen LogP contribution in [0.3, 0.4) is 0 Å². The number of pyridine rings is 1. The number of anilines is 2. The van der Waals surface area contributed by atoms with Gasteiger partial charge in [0.15, 0.2) is 5.65 Å². The standard InChI is InChI=1S/C24H22N6O3/c1-14-7-17-18(10-20(14)31-3)25-12-27-24(17)29-19-8-15(2)21(11-22(19)32-4)33-16-5-6-30-23(9-16)26-13-28-30/h5-13H,1-4H3,(H,25,27,29). The number of aryl methyl sites for hydroxylation is 2. The van der Waals surface area contributed by atoms with Gasteiger partial charge in [-0.15, -0.1) is 0 Å². The third kappa shape index (κ3) is 3.84. The van der Waals surface area contributed by atoms with E-state index in [-0.39, 0.29) is 0 Å². The number of rotatable bonds is 6. The Morgan fingerprint density at radius 3 is 2.45 bits per heavy atom. The van der Waals surface area contributed by atoms with Crippen LogP contribution >= 0.6 is 0 Å². The molecule has 0 aliphatic heterocycles. The smallest absolute Gasteiger partial charge is 0.158 e. The minimum Gasteiger partial charge on any atom is -0.496 e. The van der Waals surface area contributed by atoms with Gasteiger partial charge < -0.3 is 19.5 Å². The summed E-state index contributed by atoms with van der Waals surface area (Å²) in [4.78, 5) is 13.0. The normalized spacial score (nSPS) is 11.0. The number of ether oxygens (including phenoxy) is 3. The van der Waals surface area contributed by atoms with Gasteiger partial charge in [0.2, 0.25) is 0 Å². The summed E-state index contributed by atoms with van der Waals surface area (Å²) in [6.07, 6.45) is 4.83. The van der Waals surface area contributed by atoms with Crippen LogP contribution in [0.4, 0.5) is 11.5 Å². The van der Waals surface area contributed by atoms with Gasteiger partial charge in [0.05, 0.1) is 25.4 Å². The van der Waals surface area contributed by atoms with Crippen LogP contribution < -0.4 is 19.5 Å². The SMILES string of the molecule is COc1cc2ncnc(Nc3cc(C)c(Oc4ccn5ncnc5c4)cc3OC)c2cc1C. The van der Waals surface area contributed by atoms with Gasteiger partial charge >= 0.3 is 0 Å². The maximum absolute atomic E-state index is 6.12. The van der Waals surface area contributed by atoms with Crippen LogP contribution in [0.1, 0.15) is 11.1 Å². The Balaban J connectivity index is 1.49. The Hall–Kier alpha value is -4.40. The molecule has 0 amide bonds. The van der Waals surface area contributed by atoms with Crippen molar-refractivity contribution in [2.75, 3.05) is 19.5 Å². The van der Waals surface area contributed by atoms with Crippen LogP contribution in [0.15, 0.2) is 55.2 Å². The Bertz CT molecular complexity index is 1480. The molecule has 166 valence electrons. The average Bonchev–Trinajstić information content (AvgIpc) is 3.28. The summed E-state index contributed by atoms with van der Waals surface area (Å²) in [6.45, 7) is 3.96.